The summed E-state index contributed by atoms with van der Waals surface area (Å²) in [6, 6.07) is 15.7. The van der Waals surface area contributed by atoms with Crippen LogP contribution in [0.3, 0.4) is 0 Å². The lowest BCUT2D eigenvalue weighted by molar-refractivity contribution is -0.127. The summed E-state index contributed by atoms with van der Waals surface area (Å²) in [4.78, 5) is 12.4. The predicted molar refractivity (Wildman–Crippen MR) is 92.1 cm³/mol. The summed E-state index contributed by atoms with van der Waals surface area (Å²) >= 11 is 5.98. The quantitative estimate of drug-likeness (QED) is 0.902. The van der Waals surface area contributed by atoms with Gasteiger partial charge in [-0.2, -0.15) is 0 Å². The molecular formula is C19H20ClNO2. The number of hydrogen-bond acceptors (Lipinski definition) is 2. The van der Waals surface area contributed by atoms with Crippen molar-refractivity contribution in [1.82, 2.24) is 5.32 Å². The highest BCUT2D eigenvalue weighted by Crippen LogP contribution is 2.31. The van der Waals surface area contributed by atoms with Crippen LogP contribution in [-0.2, 0) is 11.2 Å². The van der Waals surface area contributed by atoms with Crippen molar-refractivity contribution in [2.24, 2.45) is 0 Å². The molecule has 1 aliphatic rings. The van der Waals surface area contributed by atoms with Crippen molar-refractivity contribution < 1.29 is 9.53 Å². The monoisotopic (exact) mass is 329 g/mol. The molecule has 2 aromatic carbocycles. The number of rotatable bonds is 5. The second-order valence-electron chi connectivity index (χ2n) is 5.82. The number of halogens is 1. The number of benzene rings is 2. The van der Waals surface area contributed by atoms with Gasteiger partial charge in [-0.05, 0) is 35.7 Å². The maximum absolute atomic E-state index is 12.4. The Hall–Kier alpha value is -2.00. The van der Waals surface area contributed by atoms with E-state index in [2.05, 4.69) is 24.4 Å². The standard InChI is InChI=1S/C19H20ClNO2/c1-2-13(14-6-4-3-5-7-14)12-21-19(22)18-11-15-10-16(20)8-9-17(15)23-18/h3-10,13,18H,2,11-12H2,1H3,(H,21,22)/t13-,18+/m1/s1. The van der Waals surface area contributed by atoms with Crippen molar-refractivity contribution in [1.29, 1.82) is 0 Å². The Morgan fingerprint density at radius 3 is 2.83 bits per heavy atom. The number of amides is 1. The van der Waals surface area contributed by atoms with Gasteiger partial charge in [0.05, 0.1) is 0 Å². The summed E-state index contributed by atoms with van der Waals surface area (Å²) in [6.45, 7) is 2.75. The average molecular weight is 330 g/mol. The fourth-order valence-electron chi connectivity index (χ4n) is 2.92. The molecule has 0 spiro atoms. The van der Waals surface area contributed by atoms with Gasteiger partial charge in [-0.1, -0.05) is 48.9 Å². The van der Waals surface area contributed by atoms with Gasteiger partial charge in [0.15, 0.2) is 6.10 Å². The number of ether oxygens (including phenoxy) is 1. The average Bonchev–Trinajstić information content (AvgIpc) is 2.99. The molecule has 1 N–H and O–H groups in total. The molecule has 3 rings (SSSR count). The Morgan fingerprint density at radius 1 is 1.30 bits per heavy atom. The first kappa shape index (κ1) is 15.9. The van der Waals surface area contributed by atoms with Gasteiger partial charge < -0.3 is 10.1 Å². The first-order valence-electron chi connectivity index (χ1n) is 7.95. The molecule has 2 aromatic rings. The second kappa shape index (κ2) is 7.05. The Morgan fingerprint density at radius 2 is 2.09 bits per heavy atom. The van der Waals surface area contributed by atoms with E-state index in [-0.39, 0.29) is 5.91 Å². The largest absolute Gasteiger partial charge is 0.480 e. The van der Waals surface area contributed by atoms with E-state index in [0.717, 1.165) is 17.7 Å². The zero-order valence-electron chi connectivity index (χ0n) is 13.1. The molecular weight excluding hydrogens is 310 g/mol. The van der Waals surface area contributed by atoms with Crippen LogP contribution in [0.4, 0.5) is 0 Å². The number of fused-ring (bicyclic) bond motifs is 1. The normalized spacial score (nSPS) is 17.2. The molecule has 0 bridgehead atoms. The van der Waals surface area contributed by atoms with E-state index < -0.39 is 6.10 Å². The van der Waals surface area contributed by atoms with Crippen molar-refractivity contribution in [2.75, 3.05) is 6.54 Å². The molecule has 1 amide bonds. The number of carbonyl (C=O) groups is 1. The molecule has 0 saturated heterocycles. The van der Waals surface area contributed by atoms with Gasteiger partial charge >= 0.3 is 0 Å². The lowest BCUT2D eigenvalue weighted by atomic mass is 9.96. The highest BCUT2D eigenvalue weighted by Gasteiger charge is 2.29. The van der Waals surface area contributed by atoms with E-state index in [4.69, 9.17) is 16.3 Å². The van der Waals surface area contributed by atoms with Crippen molar-refractivity contribution in [3.05, 3.63) is 64.7 Å². The minimum absolute atomic E-state index is 0.0632. The zero-order chi connectivity index (χ0) is 16.2. The SMILES string of the molecule is CC[C@H](CNC(=O)[C@@H]1Cc2cc(Cl)ccc2O1)c1ccccc1. The lowest BCUT2D eigenvalue weighted by Crippen LogP contribution is -2.39. The van der Waals surface area contributed by atoms with Crippen LogP contribution in [0.1, 0.15) is 30.4 Å². The molecule has 0 radical (unpaired) electrons. The number of nitrogens with one attached hydrogen (secondary N) is 1. The first-order chi connectivity index (χ1) is 11.2. The van der Waals surface area contributed by atoms with Crippen molar-refractivity contribution in [2.45, 2.75) is 31.8 Å². The molecule has 3 nitrogen and oxygen atoms in total. The molecule has 0 aromatic heterocycles. The second-order valence-corrected chi connectivity index (χ2v) is 6.26. The fraction of sp³-hybridized carbons (Fsp3) is 0.316. The summed E-state index contributed by atoms with van der Waals surface area (Å²) in [6.07, 6.45) is 1.09. The van der Waals surface area contributed by atoms with Crippen molar-refractivity contribution in [3.63, 3.8) is 0 Å². The van der Waals surface area contributed by atoms with Crippen LogP contribution in [0, 0.1) is 0 Å². The van der Waals surface area contributed by atoms with Crippen LogP contribution < -0.4 is 10.1 Å². The third-order valence-corrected chi connectivity index (χ3v) is 4.51. The van der Waals surface area contributed by atoms with Gasteiger partial charge in [0, 0.05) is 23.9 Å². The summed E-state index contributed by atoms with van der Waals surface area (Å²) in [5.41, 5.74) is 2.24. The van der Waals surface area contributed by atoms with Crippen LogP contribution in [0.2, 0.25) is 5.02 Å². The van der Waals surface area contributed by atoms with Gasteiger partial charge in [-0.25, -0.2) is 0 Å². The fourth-order valence-corrected chi connectivity index (χ4v) is 3.12. The third kappa shape index (κ3) is 3.67. The van der Waals surface area contributed by atoms with Crippen LogP contribution >= 0.6 is 11.6 Å². The van der Waals surface area contributed by atoms with Crippen LogP contribution in [0.25, 0.3) is 0 Å². The van der Waals surface area contributed by atoms with Gasteiger partial charge in [0.25, 0.3) is 5.91 Å². The van der Waals surface area contributed by atoms with E-state index in [0.29, 0.717) is 23.9 Å². The van der Waals surface area contributed by atoms with Crippen LogP contribution in [-0.4, -0.2) is 18.6 Å². The lowest BCUT2D eigenvalue weighted by Gasteiger charge is -2.18. The maximum atomic E-state index is 12.4. The summed E-state index contributed by atoms with van der Waals surface area (Å²) in [7, 11) is 0. The molecule has 0 fully saturated rings. The van der Waals surface area contributed by atoms with E-state index in [1.807, 2.05) is 30.3 Å². The minimum atomic E-state index is -0.461. The molecule has 1 aliphatic heterocycles. The van der Waals surface area contributed by atoms with Gasteiger partial charge in [0.2, 0.25) is 0 Å². The molecule has 0 unspecified atom stereocenters. The zero-order valence-corrected chi connectivity index (χ0v) is 13.8. The third-order valence-electron chi connectivity index (χ3n) is 4.28. The Balaban J connectivity index is 1.58. The smallest absolute Gasteiger partial charge is 0.261 e. The van der Waals surface area contributed by atoms with Gasteiger partial charge in [0.1, 0.15) is 5.75 Å². The topological polar surface area (TPSA) is 38.3 Å². The summed E-state index contributed by atoms with van der Waals surface area (Å²) in [5.74, 6) is 1.01. The Bertz CT molecular complexity index is 687. The van der Waals surface area contributed by atoms with Gasteiger partial charge in [-0.15, -0.1) is 0 Å². The van der Waals surface area contributed by atoms with E-state index in [1.54, 1.807) is 6.07 Å². The Labute approximate surface area is 141 Å². The molecule has 4 heteroatoms. The van der Waals surface area contributed by atoms with E-state index in [9.17, 15) is 4.79 Å². The number of hydrogen-bond donors (Lipinski definition) is 1. The maximum Gasteiger partial charge on any atom is 0.261 e. The molecule has 0 saturated carbocycles. The number of carbonyl (C=O) groups excluding carboxylic acids is 1. The van der Waals surface area contributed by atoms with E-state index >= 15 is 0 Å². The van der Waals surface area contributed by atoms with E-state index in [1.165, 1.54) is 5.56 Å². The van der Waals surface area contributed by atoms with Crippen molar-refractivity contribution in [3.8, 4) is 5.75 Å². The molecule has 2 atom stereocenters. The van der Waals surface area contributed by atoms with Crippen LogP contribution in [0.15, 0.2) is 48.5 Å². The summed E-state index contributed by atoms with van der Waals surface area (Å²) in [5, 5.41) is 3.70. The molecule has 1 heterocycles. The highest BCUT2D eigenvalue weighted by molar-refractivity contribution is 6.30. The minimum Gasteiger partial charge on any atom is -0.480 e. The Kier molecular flexibility index (Phi) is 4.87. The predicted octanol–water partition coefficient (Wildman–Crippen LogP) is 3.95. The van der Waals surface area contributed by atoms with Crippen LogP contribution in [0.5, 0.6) is 5.75 Å². The first-order valence-corrected chi connectivity index (χ1v) is 8.33. The summed E-state index contributed by atoms with van der Waals surface area (Å²) < 4.78 is 5.72. The molecule has 120 valence electrons. The van der Waals surface area contributed by atoms with Crippen molar-refractivity contribution >= 4 is 17.5 Å². The molecule has 23 heavy (non-hydrogen) atoms. The highest BCUT2D eigenvalue weighted by atomic mass is 35.5. The van der Waals surface area contributed by atoms with Gasteiger partial charge in [-0.3, -0.25) is 4.79 Å². The molecule has 0 aliphatic carbocycles.